The Kier molecular flexibility index (Phi) is 3.71. The van der Waals surface area contributed by atoms with E-state index in [0.717, 1.165) is 19.1 Å². The molecule has 0 saturated carbocycles. The number of Topliss-reactive ketones (excluding diaryl/α,β-unsaturated/α-hetero) is 1. The Morgan fingerprint density at radius 3 is 2.23 bits per heavy atom. The van der Waals surface area contributed by atoms with Crippen LogP contribution in [0.15, 0.2) is 12.1 Å². The Labute approximate surface area is 122 Å². The minimum Gasteiger partial charge on any atom is -0.376 e. The summed E-state index contributed by atoms with van der Waals surface area (Å²) in [7, 11) is -5.97. The second kappa shape index (κ2) is 4.90. The smallest absolute Gasteiger partial charge is 0.376 e. The van der Waals surface area contributed by atoms with Crippen LogP contribution in [0.5, 0.6) is 5.75 Å². The van der Waals surface area contributed by atoms with Crippen molar-refractivity contribution in [2.24, 2.45) is 0 Å². The highest BCUT2D eigenvalue weighted by molar-refractivity contribution is 7.88. The molecular formula is C12H9F5O4S. The third-order valence-corrected chi connectivity index (χ3v) is 4.09. The number of halogens is 5. The number of benzene rings is 1. The van der Waals surface area contributed by atoms with Gasteiger partial charge in [-0.15, -0.1) is 0 Å². The average molecular weight is 344 g/mol. The summed E-state index contributed by atoms with van der Waals surface area (Å²) < 4.78 is 89.9. The molecule has 1 aliphatic carbocycles. The molecule has 4 nitrogen and oxygen atoms in total. The van der Waals surface area contributed by atoms with Crippen LogP contribution in [0, 0.1) is 0 Å². The first-order valence-electron chi connectivity index (χ1n) is 5.88. The van der Waals surface area contributed by atoms with Crippen LogP contribution in [0.2, 0.25) is 0 Å². The van der Waals surface area contributed by atoms with Gasteiger partial charge in [0.25, 0.3) is 5.92 Å². The van der Waals surface area contributed by atoms with Gasteiger partial charge in [-0.1, -0.05) is 0 Å². The van der Waals surface area contributed by atoms with Gasteiger partial charge in [0, 0.05) is 24.0 Å². The highest BCUT2D eigenvalue weighted by atomic mass is 32.2. The quantitative estimate of drug-likeness (QED) is 0.366. The van der Waals surface area contributed by atoms with Crippen molar-refractivity contribution >= 4 is 15.9 Å². The van der Waals surface area contributed by atoms with E-state index in [1.807, 2.05) is 0 Å². The van der Waals surface area contributed by atoms with Gasteiger partial charge in [0.05, 0.1) is 0 Å². The SMILES string of the molecule is CC(=O)c1ccc(OS(=O)(=O)C(F)(F)F)c2c1CC(F)(F)C2. The molecule has 1 aliphatic rings. The molecule has 0 aromatic heterocycles. The van der Waals surface area contributed by atoms with E-state index in [1.54, 1.807) is 0 Å². The third kappa shape index (κ3) is 2.92. The number of alkyl halides is 5. The van der Waals surface area contributed by atoms with Gasteiger partial charge in [0.15, 0.2) is 5.78 Å². The van der Waals surface area contributed by atoms with E-state index in [1.165, 1.54) is 0 Å². The molecular weight excluding hydrogens is 335 g/mol. The average Bonchev–Trinajstić information content (AvgIpc) is 2.62. The summed E-state index contributed by atoms with van der Waals surface area (Å²) in [5.41, 5.74) is -6.36. The number of fused-ring (bicyclic) bond motifs is 1. The lowest BCUT2D eigenvalue weighted by Gasteiger charge is -2.13. The van der Waals surface area contributed by atoms with Gasteiger partial charge >= 0.3 is 15.6 Å². The van der Waals surface area contributed by atoms with E-state index in [0.29, 0.717) is 0 Å². The highest BCUT2D eigenvalue weighted by Crippen LogP contribution is 2.42. The molecule has 0 heterocycles. The molecule has 0 spiro atoms. The van der Waals surface area contributed by atoms with Crippen LogP contribution >= 0.6 is 0 Å². The van der Waals surface area contributed by atoms with Crippen LogP contribution in [0.4, 0.5) is 22.0 Å². The summed E-state index contributed by atoms with van der Waals surface area (Å²) in [5.74, 6) is -4.68. The topological polar surface area (TPSA) is 60.4 Å². The number of rotatable bonds is 3. The Bertz CT molecular complexity index is 737. The second-order valence-electron chi connectivity index (χ2n) is 4.82. The number of ketones is 1. The van der Waals surface area contributed by atoms with Gasteiger partial charge in [-0.05, 0) is 24.6 Å². The van der Waals surface area contributed by atoms with E-state index < -0.39 is 51.5 Å². The Hall–Kier alpha value is -1.71. The fourth-order valence-corrected chi connectivity index (χ4v) is 2.71. The summed E-state index contributed by atoms with van der Waals surface area (Å²) in [5, 5.41) is 0. The van der Waals surface area contributed by atoms with Crippen LogP contribution < -0.4 is 4.18 Å². The predicted octanol–water partition coefficient (Wildman–Crippen LogP) is 2.85. The maximum absolute atomic E-state index is 13.5. The normalized spacial score (nSPS) is 17.2. The molecule has 0 atom stereocenters. The molecule has 0 fully saturated rings. The summed E-state index contributed by atoms with van der Waals surface area (Å²) in [4.78, 5) is 11.4. The predicted molar refractivity (Wildman–Crippen MR) is 64.4 cm³/mol. The van der Waals surface area contributed by atoms with Crippen molar-refractivity contribution in [1.29, 1.82) is 0 Å². The minimum atomic E-state index is -5.97. The fourth-order valence-electron chi connectivity index (χ4n) is 2.22. The fraction of sp³-hybridized carbons (Fsp3) is 0.417. The van der Waals surface area contributed by atoms with Crippen molar-refractivity contribution in [3.63, 3.8) is 0 Å². The molecule has 0 bridgehead atoms. The molecule has 0 saturated heterocycles. The monoisotopic (exact) mass is 344 g/mol. The van der Waals surface area contributed by atoms with Crippen molar-refractivity contribution in [2.45, 2.75) is 31.2 Å². The largest absolute Gasteiger partial charge is 0.534 e. The molecule has 1 aromatic rings. The van der Waals surface area contributed by atoms with E-state index in [9.17, 15) is 35.2 Å². The molecule has 0 radical (unpaired) electrons. The summed E-state index contributed by atoms with van der Waals surface area (Å²) in [6.45, 7) is 1.11. The lowest BCUT2D eigenvalue weighted by molar-refractivity contribution is -0.0500. The summed E-state index contributed by atoms with van der Waals surface area (Å²) in [6.07, 6.45) is -1.85. The third-order valence-electron chi connectivity index (χ3n) is 3.12. The highest BCUT2D eigenvalue weighted by Gasteiger charge is 2.50. The van der Waals surface area contributed by atoms with Crippen molar-refractivity contribution in [2.75, 3.05) is 0 Å². The summed E-state index contributed by atoms with van der Waals surface area (Å²) >= 11 is 0. The molecule has 0 aliphatic heterocycles. The molecule has 122 valence electrons. The molecule has 0 amide bonds. The number of hydrogen-bond acceptors (Lipinski definition) is 4. The van der Waals surface area contributed by atoms with Crippen molar-refractivity contribution in [1.82, 2.24) is 0 Å². The van der Waals surface area contributed by atoms with Gasteiger partial charge in [0.1, 0.15) is 5.75 Å². The zero-order valence-electron chi connectivity index (χ0n) is 11.0. The van der Waals surface area contributed by atoms with Crippen LogP contribution in [-0.4, -0.2) is 25.6 Å². The van der Waals surface area contributed by atoms with Gasteiger partial charge in [-0.25, -0.2) is 8.78 Å². The molecule has 1 aromatic carbocycles. The standard InChI is InChI=1S/C12H9F5O4S/c1-6(18)7-2-3-10(21-22(19,20)12(15,16)17)9-5-11(13,14)4-8(7)9/h2-3H,4-5H2,1H3. The molecule has 10 heteroatoms. The first kappa shape index (κ1) is 16.7. The maximum Gasteiger partial charge on any atom is 0.534 e. The van der Waals surface area contributed by atoms with E-state index in [2.05, 4.69) is 4.18 Å². The van der Waals surface area contributed by atoms with Crippen molar-refractivity contribution < 1.29 is 39.3 Å². The summed E-state index contributed by atoms with van der Waals surface area (Å²) in [6, 6.07) is 1.75. The molecule has 0 unspecified atom stereocenters. The molecule has 2 rings (SSSR count). The lowest BCUT2D eigenvalue weighted by atomic mass is 10.00. The van der Waals surface area contributed by atoms with Crippen LogP contribution in [0.1, 0.15) is 28.4 Å². The number of hydrogen-bond donors (Lipinski definition) is 0. The zero-order valence-corrected chi connectivity index (χ0v) is 11.8. The Morgan fingerprint density at radius 2 is 1.73 bits per heavy atom. The van der Waals surface area contributed by atoms with Gasteiger partial charge in [-0.3, -0.25) is 4.79 Å². The number of carbonyl (C=O) groups is 1. The van der Waals surface area contributed by atoms with Gasteiger partial charge in [0.2, 0.25) is 0 Å². The second-order valence-corrected chi connectivity index (χ2v) is 6.36. The maximum atomic E-state index is 13.5. The van der Waals surface area contributed by atoms with Gasteiger partial charge in [-0.2, -0.15) is 21.6 Å². The van der Waals surface area contributed by atoms with Crippen LogP contribution in [0.25, 0.3) is 0 Å². The Balaban J connectivity index is 2.54. The zero-order chi connectivity index (χ0) is 16.9. The number of carbonyl (C=O) groups excluding carboxylic acids is 1. The minimum absolute atomic E-state index is 0.0936. The van der Waals surface area contributed by atoms with Crippen LogP contribution in [-0.2, 0) is 23.0 Å². The lowest BCUT2D eigenvalue weighted by Crippen LogP contribution is -2.28. The van der Waals surface area contributed by atoms with Crippen LogP contribution in [0.3, 0.4) is 0 Å². The van der Waals surface area contributed by atoms with Crippen molar-refractivity contribution in [3.05, 3.63) is 28.8 Å². The first-order chi connectivity index (χ1) is 9.84. The molecule has 0 N–H and O–H groups in total. The van der Waals surface area contributed by atoms with E-state index in [4.69, 9.17) is 0 Å². The van der Waals surface area contributed by atoms with E-state index in [-0.39, 0.29) is 11.1 Å². The first-order valence-corrected chi connectivity index (χ1v) is 7.29. The Morgan fingerprint density at radius 1 is 1.18 bits per heavy atom. The van der Waals surface area contributed by atoms with E-state index >= 15 is 0 Å². The van der Waals surface area contributed by atoms with Gasteiger partial charge < -0.3 is 4.18 Å². The van der Waals surface area contributed by atoms with Crippen molar-refractivity contribution in [3.8, 4) is 5.75 Å². The molecule has 22 heavy (non-hydrogen) atoms.